The number of carbonyl (C=O) groups excluding carboxylic acids is 2. The lowest BCUT2D eigenvalue weighted by Gasteiger charge is -2.30. The number of nitrogens with one attached hydrogen (secondary N) is 1. The standard InChI is InChI=1S/C31H37N3O4/c1-29(2,3)37-27(35)31(7,20-22-18-19-25(32-21-22)33-28(36)38-30(4,5)6)34-26(23-14-10-8-11-15-23)24-16-12-9-13-17-24/h8-19,21H,20H2,1-7H3,(H,32,33,36). The average Bonchev–Trinajstić information content (AvgIpc) is 2.83. The fourth-order valence-electron chi connectivity index (χ4n) is 3.69. The normalized spacial score (nSPS) is 13.1. The Labute approximate surface area is 225 Å². The van der Waals surface area contributed by atoms with Crippen LogP contribution in [0.4, 0.5) is 10.6 Å². The highest BCUT2D eigenvalue weighted by molar-refractivity contribution is 6.13. The number of ether oxygens (including phenoxy) is 2. The van der Waals surface area contributed by atoms with Crippen LogP contribution in [0.2, 0.25) is 0 Å². The SMILES string of the molecule is CC(C)(C)OC(=O)Nc1ccc(CC(C)(N=C(c2ccccc2)c2ccccc2)C(=O)OC(C)(C)C)cn1. The van der Waals surface area contributed by atoms with Gasteiger partial charge in [0.05, 0.1) is 5.71 Å². The second kappa shape index (κ2) is 11.6. The molecule has 200 valence electrons. The molecule has 7 heteroatoms. The van der Waals surface area contributed by atoms with Gasteiger partial charge in [-0.05, 0) is 60.1 Å². The Hall–Kier alpha value is -4.00. The number of hydrogen-bond donors (Lipinski definition) is 1. The van der Waals surface area contributed by atoms with Gasteiger partial charge in [-0.3, -0.25) is 10.3 Å². The molecule has 0 aliphatic carbocycles. The lowest BCUT2D eigenvalue weighted by atomic mass is 9.92. The fourth-order valence-corrected chi connectivity index (χ4v) is 3.69. The van der Waals surface area contributed by atoms with E-state index in [2.05, 4.69) is 10.3 Å². The number of amides is 1. The molecule has 0 radical (unpaired) electrons. The number of aromatic nitrogens is 1. The first-order chi connectivity index (χ1) is 17.7. The summed E-state index contributed by atoms with van der Waals surface area (Å²) in [5, 5.41) is 2.63. The molecule has 1 heterocycles. The predicted octanol–water partition coefficient (Wildman–Crippen LogP) is 6.61. The molecule has 0 saturated heterocycles. The second-order valence-electron chi connectivity index (χ2n) is 11.3. The Morgan fingerprint density at radius 1 is 0.763 bits per heavy atom. The molecule has 0 bridgehead atoms. The summed E-state index contributed by atoms with van der Waals surface area (Å²) in [6.45, 7) is 12.7. The first-order valence-electron chi connectivity index (χ1n) is 12.6. The van der Waals surface area contributed by atoms with Gasteiger partial charge in [-0.25, -0.2) is 14.6 Å². The van der Waals surface area contributed by atoms with Gasteiger partial charge in [0, 0.05) is 23.7 Å². The van der Waals surface area contributed by atoms with Crippen LogP contribution in [0.15, 0.2) is 84.0 Å². The summed E-state index contributed by atoms with van der Waals surface area (Å²) >= 11 is 0. The molecule has 0 aliphatic rings. The van der Waals surface area contributed by atoms with E-state index in [-0.39, 0.29) is 6.42 Å². The molecule has 1 N–H and O–H groups in total. The third kappa shape index (κ3) is 8.54. The van der Waals surface area contributed by atoms with Gasteiger partial charge < -0.3 is 9.47 Å². The van der Waals surface area contributed by atoms with Gasteiger partial charge in [0.15, 0.2) is 5.54 Å². The van der Waals surface area contributed by atoms with Crippen LogP contribution in [-0.2, 0) is 20.7 Å². The average molecular weight is 516 g/mol. The van der Waals surface area contributed by atoms with Crippen LogP contribution in [0.5, 0.6) is 0 Å². The molecule has 38 heavy (non-hydrogen) atoms. The summed E-state index contributed by atoms with van der Waals surface area (Å²) in [4.78, 5) is 35.1. The number of pyridine rings is 1. The lowest BCUT2D eigenvalue weighted by Crippen LogP contribution is -2.42. The maximum Gasteiger partial charge on any atom is 0.413 e. The summed E-state index contributed by atoms with van der Waals surface area (Å²) in [7, 11) is 0. The van der Waals surface area contributed by atoms with Crippen molar-refractivity contribution < 1.29 is 19.1 Å². The zero-order chi connectivity index (χ0) is 28.0. The van der Waals surface area contributed by atoms with Crippen molar-refractivity contribution in [1.82, 2.24) is 4.98 Å². The molecular formula is C31H37N3O4. The minimum Gasteiger partial charge on any atom is -0.458 e. The van der Waals surface area contributed by atoms with E-state index in [0.717, 1.165) is 16.7 Å². The molecule has 1 amide bonds. The van der Waals surface area contributed by atoms with Crippen LogP contribution < -0.4 is 5.32 Å². The molecule has 1 unspecified atom stereocenters. The topological polar surface area (TPSA) is 89.9 Å². The molecule has 1 aromatic heterocycles. The van der Waals surface area contributed by atoms with Crippen LogP contribution >= 0.6 is 0 Å². The van der Waals surface area contributed by atoms with Crippen molar-refractivity contribution >= 4 is 23.6 Å². The van der Waals surface area contributed by atoms with Crippen LogP contribution in [0, 0.1) is 0 Å². The molecule has 0 fully saturated rings. The number of benzene rings is 2. The molecule has 2 aromatic carbocycles. The van der Waals surface area contributed by atoms with Gasteiger partial charge in [-0.15, -0.1) is 0 Å². The van der Waals surface area contributed by atoms with Crippen molar-refractivity contribution in [3.05, 3.63) is 95.7 Å². The van der Waals surface area contributed by atoms with Gasteiger partial charge in [-0.2, -0.15) is 0 Å². The number of esters is 1. The summed E-state index contributed by atoms with van der Waals surface area (Å²) in [5.41, 5.74) is 0.676. The smallest absolute Gasteiger partial charge is 0.413 e. The van der Waals surface area contributed by atoms with Crippen molar-refractivity contribution in [1.29, 1.82) is 0 Å². The molecule has 3 rings (SSSR count). The van der Waals surface area contributed by atoms with Gasteiger partial charge in [0.25, 0.3) is 0 Å². The number of aliphatic imine (C=N–C) groups is 1. The summed E-state index contributed by atoms with van der Waals surface area (Å²) < 4.78 is 11.1. The first-order valence-corrected chi connectivity index (χ1v) is 12.6. The van der Waals surface area contributed by atoms with E-state index in [4.69, 9.17) is 14.5 Å². The predicted molar refractivity (Wildman–Crippen MR) is 151 cm³/mol. The van der Waals surface area contributed by atoms with Crippen LogP contribution in [0.25, 0.3) is 0 Å². The minimum atomic E-state index is -1.25. The fraction of sp³-hybridized carbons (Fsp3) is 0.355. The number of nitrogens with zero attached hydrogens (tertiary/aromatic N) is 2. The van der Waals surface area contributed by atoms with E-state index in [9.17, 15) is 9.59 Å². The number of hydrogen-bond acceptors (Lipinski definition) is 6. The Morgan fingerprint density at radius 3 is 1.74 bits per heavy atom. The molecule has 0 saturated carbocycles. The Morgan fingerprint density at radius 2 is 1.29 bits per heavy atom. The van der Waals surface area contributed by atoms with Crippen molar-refractivity contribution in [2.24, 2.45) is 4.99 Å². The zero-order valence-electron chi connectivity index (χ0n) is 23.2. The zero-order valence-corrected chi connectivity index (χ0v) is 23.2. The summed E-state index contributed by atoms with van der Waals surface area (Å²) in [6.07, 6.45) is 1.27. The van der Waals surface area contributed by atoms with Gasteiger partial charge >= 0.3 is 12.1 Å². The van der Waals surface area contributed by atoms with E-state index in [0.29, 0.717) is 11.5 Å². The van der Waals surface area contributed by atoms with Crippen LogP contribution in [0.1, 0.15) is 65.2 Å². The Balaban J connectivity index is 1.99. The third-order valence-electron chi connectivity index (χ3n) is 5.29. The molecule has 0 aliphatic heterocycles. The minimum absolute atomic E-state index is 0.241. The van der Waals surface area contributed by atoms with E-state index in [1.165, 1.54) is 0 Å². The van der Waals surface area contributed by atoms with Crippen molar-refractivity contribution in [2.75, 3.05) is 5.32 Å². The third-order valence-corrected chi connectivity index (χ3v) is 5.29. The molecule has 3 aromatic rings. The Kier molecular flexibility index (Phi) is 8.71. The molecule has 7 nitrogen and oxygen atoms in total. The van der Waals surface area contributed by atoms with Gasteiger partial charge in [-0.1, -0.05) is 66.7 Å². The maximum absolute atomic E-state index is 13.6. The Bertz CT molecular complexity index is 1220. The molecular weight excluding hydrogens is 478 g/mol. The first kappa shape index (κ1) is 28.6. The number of anilines is 1. The summed E-state index contributed by atoms with van der Waals surface area (Å²) in [5.74, 6) is -0.0925. The van der Waals surface area contributed by atoms with Crippen LogP contribution in [0.3, 0.4) is 0 Å². The highest BCUT2D eigenvalue weighted by Gasteiger charge is 2.38. The largest absolute Gasteiger partial charge is 0.458 e. The van der Waals surface area contributed by atoms with Crippen molar-refractivity contribution in [3.8, 4) is 0 Å². The van der Waals surface area contributed by atoms with E-state index < -0.39 is 28.8 Å². The molecule has 1 atom stereocenters. The van der Waals surface area contributed by atoms with Crippen LogP contribution in [-0.4, -0.2) is 39.5 Å². The monoisotopic (exact) mass is 515 g/mol. The highest BCUT2D eigenvalue weighted by atomic mass is 16.6. The highest BCUT2D eigenvalue weighted by Crippen LogP contribution is 2.26. The van der Waals surface area contributed by atoms with Gasteiger partial charge in [0.2, 0.25) is 0 Å². The van der Waals surface area contributed by atoms with E-state index >= 15 is 0 Å². The molecule has 0 spiro atoms. The lowest BCUT2D eigenvalue weighted by molar-refractivity contribution is -0.160. The summed E-state index contributed by atoms with van der Waals surface area (Å²) in [6, 6.07) is 23.0. The van der Waals surface area contributed by atoms with Crippen molar-refractivity contribution in [2.45, 2.75) is 71.6 Å². The van der Waals surface area contributed by atoms with Crippen molar-refractivity contribution in [3.63, 3.8) is 0 Å². The van der Waals surface area contributed by atoms with E-state index in [1.54, 1.807) is 40.0 Å². The second-order valence-corrected chi connectivity index (χ2v) is 11.3. The maximum atomic E-state index is 13.6. The van der Waals surface area contributed by atoms with E-state index in [1.807, 2.05) is 87.5 Å². The number of rotatable bonds is 7. The van der Waals surface area contributed by atoms with Gasteiger partial charge in [0.1, 0.15) is 17.0 Å². The number of carbonyl (C=O) groups is 2. The quantitative estimate of drug-likeness (QED) is 0.282.